The smallest absolute Gasteiger partial charge is 0.401 e. The van der Waals surface area contributed by atoms with Crippen molar-refractivity contribution in [2.45, 2.75) is 23.7 Å². The van der Waals surface area contributed by atoms with Crippen LogP contribution < -0.4 is 26.8 Å². The lowest BCUT2D eigenvalue weighted by molar-refractivity contribution is -0.127. The molecule has 35 heavy (non-hydrogen) atoms. The predicted molar refractivity (Wildman–Crippen MR) is 121 cm³/mol. The standard InChI is InChI=1S/C20H19ClF3N5O5S/c1-9-2-10(18(31)29-19(25)26)4-14-16(9)34-17-11(7-35(14,32)33)3-12(5-13(17)21)28-15(30)6-27-8-20(22,23)24/h2-5,27H,6-8H2,1H3,(H,28,30)(H4,25,26,29,31). The first-order valence-corrected chi connectivity index (χ1v) is 11.8. The van der Waals surface area contributed by atoms with E-state index in [0.717, 1.165) is 6.07 Å². The van der Waals surface area contributed by atoms with Crippen LogP contribution in [0.15, 0.2) is 34.2 Å². The van der Waals surface area contributed by atoms with Crippen LogP contribution in [0.1, 0.15) is 21.5 Å². The second-order valence-corrected chi connectivity index (χ2v) is 9.90. The highest BCUT2D eigenvalue weighted by Crippen LogP contribution is 2.44. The fourth-order valence-electron chi connectivity index (χ4n) is 3.26. The molecule has 2 aromatic carbocycles. The quantitative estimate of drug-likeness (QED) is 0.335. The van der Waals surface area contributed by atoms with Crippen molar-refractivity contribution in [2.24, 2.45) is 16.5 Å². The third kappa shape index (κ3) is 6.41. The fraction of sp³-hybridized carbons (Fsp3) is 0.250. The Labute approximate surface area is 202 Å². The number of aliphatic imine (C=N–C) groups is 1. The molecule has 2 aromatic rings. The van der Waals surface area contributed by atoms with Crippen LogP contribution in [0, 0.1) is 6.92 Å². The number of hydrogen-bond acceptors (Lipinski definition) is 6. The van der Waals surface area contributed by atoms with Crippen molar-refractivity contribution >= 4 is 44.9 Å². The number of hydrogen-bond donors (Lipinski definition) is 4. The van der Waals surface area contributed by atoms with Crippen LogP contribution in [-0.4, -0.2) is 45.5 Å². The van der Waals surface area contributed by atoms with Crippen LogP contribution in [0.5, 0.6) is 11.5 Å². The van der Waals surface area contributed by atoms with Crippen LogP contribution in [0.2, 0.25) is 5.02 Å². The maximum atomic E-state index is 13.2. The van der Waals surface area contributed by atoms with Gasteiger partial charge in [0.2, 0.25) is 5.91 Å². The van der Waals surface area contributed by atoms with Crippen LogP contribution in [0.25, 0.3) is 0 Å². The molecule has 15 heteroatoms. The molecule has 0 saturated carbocycles. The number of sulfone groups is 1. The summed E-state index contributed by atoms with van der Waals surface area (Å²) in [7, 11) is -4.09. The minimum Gasteiger partial charge on any atom is -0.454 e. The highest BCUT2D eigenvalue weighted by atomic mass is 35.5. The number of anilines is 1. The Morgan fingerprint density at radius 2 is 1.86 bits per heavy atom. The molecule has 0 aliphatic carbocycles. The average molecular weight is 534 g/mol. The summed E-state index contributed by atoms with van der Waals surface area (Å²) in [5.74, 6) is -2.80. The van der Waals surface area contributed by atoms with Gasteiger partial charge in [-0.25, -0.2) is 8.42 Å². The van der Waals surface area contributed by atoms with E-state index >= 15 is 0 Å². The Bertz CT molecular complexity index is 1340. The molecule has 6 N–H and O–H groups in total. The number of carbonyl (C=O) groups excluding carboxylic acids is 2. The Kier molecular flexibility index (Phi) is 7.29. The highest BCUT2D eigenvalue weighted by molar-refractivity contribution is 7.90. The molecular weight excluding hydrogens is 515 g/mol. The zero-order valence-electron chi connectivity index (χ0n) is 18.0. The van der Waals surface area contributed by atoms with Gasteiger partial charge in [0.1, 0.15) is 16.4 Å². The van der Waals surface area contributed by atoms with E-state index in [1.54, 1.807) is 0 Å². The molecule has 1 aliphatic rings. The van der Waals surface area contributed by atoms with Crippen molar-refractivity contribution in [1.82, 2.24) is 5.32 Å². The van der Waals surface area contributed by atoms with Crippen molar-refractivity contribution in [3.8, 4) is 11.5 Å². The molecule has 0 aromatic heterocycles. The van der Waals surface area contributed by atoms with Crippen molar-refractivity contribution in [3.05, 3.63) is 46.0 Å². The first-order valence-electron chi connectivity index (χ1n) is 9.75. The van der Waals surface area contributed by atoms with Gasteiger partial charge in [-0.15, -0.1) is 0 Å². The maximum Gasteiger partial charge on any atom is 0.401 e. The number of aryl methyl sites for hydroxylation is 1. The number of amides is 2. The van der Waals surface area contributed by atoms with E-state index in [1.807, 2.05) is 5.32 Å². The molecule has 2 amide bonds. The summed E-state index contributed by atoms with van der Waals surface area (Å²) in [6.45, 7) is -0.481. The molecule has 3 rings (SSSR count). The van der Waals surface area contributed by atoms with E-state index in [9.17, 15) is 31.2 Å². The van der Waals surface area contributed by atoms with E-state index in [0.29, 0.717) is 0 Å². The number of carbonyl (C=O) groups is 2. The zero-order chi connectivity index (χ0) is 26.1. The second-order valence-electron chi connectivity index (χ2n) is 7.54. The lowest BCUT2D eigenvalue weighted by atomic mass is 10.1. The Hall–Kier alpha value is -3.36. The van der Waals surface area contributed by atoms with Crippen molar-refractivity contribution in [2.75, 3.05) is 18.4 Å². The molecule has 1 heterocycles. The molecule has 0 radical (unpaired) electrons. The molecule has 188 valence electrons. The largest absolute Gasteiger partial charge is 0.454 e. The van der Waals surface area contributed by atoms with Gasteiger partial charge in [0, 0.05) is 16.8 Å². The molecule has 0 spiro atoms. The van der Waals surface area contributed by atoms with Crippen LogP contribution >= 0.6 is 11.6 Å². The van der Waals surface area contributed by atoms with Gasteiger partial charge in [-0.2, -0.15) is 18.2 Å². The van der Waals surface area contributed by atoms with Gasteiger partial charge < -0.3 is 26.8 Å². The molecule has 0 unspecified atom stereocenters. The molecular formula is C20H19ClF3N5O5S. The molecule has 1 aliphatic heterocycles. The first kappa shape index (κ1) is 26.2. The van der Waals surface area contributed by atoms with Gasteiger partial charge >= 0.3 is 6.18 Å². The van der Waals surface area contributed by atoms with E-state index in [1.165, 1.54) is 25.1 Å². The van der Waals surface area contributed by atoms with Crippen LogP contribution in [-0.2, 0) is 20.4 Å². The van der Waals surface area contributed by atoms with Gasteiger partial charge in [-0.3, -0.25) is 9.59 Å². The minimum absolute atomic E-state index is 0.00795. The van der Waals surface area contributed by atoms with Crippen molar-refractivity contribution in [3.63, 3.8) is 0 Å². The molecule has 0 fully saturated rings. The van der Waals surface area contributed by atoms with Crippen molar-refractivity contribution < 1.29 is 35.9 Å². The van der Waals surface area contributed by atoms with Gasteiger partial charge in [0.15, 0.2) is 15.8 Å². The molecule has 0 atom stereocenters. The number of fused-ring (bicyclic) bond motifs is 2. The number of nitrogens with one attached hydrogen (secondary N) is 2. The molecule has 0 saturated heterocycles. The number of nitrogens with zero attached hydrogens (tertiary/aromatic N) is 1. The summed E-state index contributed by atoms with van der Waals surface area (Å²) in [6.07, 6.45) is -4.49. The summed E-state index contributed by atoms with van der Waals surface area (Å²) < 4.78 is 68.8. The van der Waals surface area contributed by atoms with Gasteiger partial charge in [0.05, 0.1) is 23.9 Å². The topological polar surface area (TPSA) is 166 Å². The summed E-state index contributed by atoms with van der Waals surface area (Å²) in [5.41, 5.74) is 10.8. The Morgan fingerprint density at radius 3 is 2.49 bits per heavy atom. The lowest BCUT2D eigenvalue weighted by Crippen LogP contribution is -2.35. The van der Waals surface area contributed by atoms with E-state index in [4.69, 9.17) is 27.8 Å². The van der Waals surface area contributed by atoms with Crippen molar-refractivity contribution in [1.29, 1.82) is 0 Å². The number of alkyl halides is 3. The first-order chi connectivity index (χ1) is 16.2. The number of rotatable bonds is 5. The number of guanidine groups is 1. The highest BCUT2D eigenvalue weighted by Gasteiger charge is 2.31. The monoisotopic (exact) mass is 533 g/mol. The molecule has 10 nitrogen and oxygen atoms in total. The second kappa shape index (κ2) is 9.71. The minimum atomic E-state index is -4.49. The number of benzene rings is 2. The third-order valence-corrected chi connectivity index (χ3v) is 6.56. The predicted octanol–water partition coefficient (Wildman–Crippen LogP) is 2.23. The zero-order valence-corrected chi connectivity index (χ0v) is 19.6. The lowest BCUT2D eigenvalue weighted by Gasteiger charge is -2.14. The maximum absolute atomic E-state index is 13.2. The fourth-order valence-corrected chi connectivity index (χ4v) is 5.11. The van der Waals surface area contributed by atoms with Gasteiger partial charge in [0.25, 0.3) is 5.91 Å². The SMILES string of the molecule is Cc1cc(C(=O)N=C(N)N)cc2c1Oc1c(Cl)cc(NC(=O)CNCC(F)(F)F)cc1CS2(=O)=O. The summed E-state index contributed by atoms with van der Waals surface area (Å²) >= 11 is 6.28. The summed E-state index contributed by atoms with van der Waals surface area (Å²) in [5, 5.41) is 4.25. The summed E-state index contributed by atoms with van der Waals surface area (Å²) in [6, 6.07) is 4.99. The average Bonchev–Trinajstić information content (AvgIpc) is 2.80. The van der Waals surface area contributed by atoms with E-state index < -0.39 is 52.6 Å². The van der Waals surface area contributed by atoms with Crippen LogP contribution in [0.3, 0.4) is 0 Å². The Balaban J connectivity index is 1.93. The normalized spacial score (nSPS) is 14.1. The Morgan fingerprint density at radius 1 is 1.17 bits per heavy atom. The summed E-state index contributed by atoms with van der Waals surface area (Å²) in [4.78, 5) is 27.3. The molecule has 0 bridgehead atoms. The van der Waals surface area contributed by atoms with E-state index in [-0.39, 0.29) is 43.8 Å². The van der Waals surface area contributed by atoms with Crippen LogP contribution in [0.4, 0.5) is 18.9 Å². The number of ether oxygens (including phenoxy) is 1. The number of halogens is 4. The van der Waals surface area contributed by atoms with Gasteiger partial charge in [-0.05, 0) is 36.8 Å². The number of nitrogens with two attached hydrogens (primary N) is 2. The van der Waals surface area contributed by atoms with E-state index in [2.05, 4.69) is 10.3 Å². The third-order valence-electron chi connectivity index (χ3n) is 4.62. The van der Waals surface area contributed by atoms with Gasteiger partial charge in [-0.1, -0.05) is 11.6 Å².